The standard InChI is InChI=1S/C20H34N2S/c1-8-14(3)18-17(9-2)21-22(7)19(18)23-15(4)16-10-12-20(5,6)13-11-16/h14,16H,4,8-13H2,1-3,5-7H3. The van der Waals surface area contributed by atoms with Gasteiger partial charge in [-0.1, -0.05) is 53.0 Å². The number of aromatic nitrogens is 2. The zero-order chi connectivity index (χ0) is 17.2. The zero-order valence-corrected chi connectivity index (χ0v) is 16.7. The minimum atomic E-state index is 0.519. The van der Waals surface area contributed by atoms with Crippen LogP contribution in [0.2, 0.25) is 0 Å². The minimum absolute atomic E-state index is 0.519. The first-order chi connectivity index (χ1) is 10.8. The molecule has 3 heteroatoms. The van der Waals surface area contributed by atoms with E-state index in [4.69, 9.17) is 5.10 Å². The second-order valence-corrected chi connectivity index (χ2v) is 9.07. The summed E-state index contributed by atoms with van der Waals surface area (Å²) in [4.78, 5) is 1.34. The van der Waals surface area contributed by atoms with Crippen LogP contribution in [-0.2, 0) is 13.5 Å². The Labute approximate surface area is 147 Å². The predicted molar refractivity (Wildman–Crippen MR) is 102 cm³/mol. The summed E-state index contributed by atoms with van der Waals surface area (Å²) in [6, 6.07) is 0. The Kier molecular flexibility index (Phi) is 6.05. The van der Waals surface area contributed by atoms with Crippen LogP contribution in [0.15, 0.2) is 16.5 Å². The van der Waals surface area contributed by atoms with E-state index in [1.807, 2.05) is 11.8 Å². The van der Waals surface area contributed by atoms with E-state index in [9.17, 15) is 0 Å². The number of allylic oxidation sites excluding steroid dienone is 1. The van der Waals surface area contributed by atoms with Crippen LogP contribution < -0.4 is 0 Å². The molecule has 1 aromatic rings. The maximum absolute atomic E-state index is 4.77. The predicted octanol–water partition coefficient (Wildman–Crippen LogP) is 6.32. The molecule has 0 spiro atoms. The summed E-state index contributed by atoms with van der Waals surface area (Å²) in [5.41, 5.74) is 3.24. The van der Waals surface area contributed by atoms with Crippen molar-refractivity contribution in [3.63, 3.8) is 0 Å². The van der Waals surface area contributed by atoms with Crippen LogP contribution in [0.4, 0.5) is 0 Å². The van der Waals surface area contributed by atoms with Gasteiger partial charge in [0, 0.05) is 12.6 Å². The second kappa shape index (κ2) is 7.46. The van der Waals surface area contributed by atoms with Gasteiger partial charge in [-0.15, -0.1) is 0 Å². The molecule has 2 rings (SSSR count). The average molecular weight is 335 g/mol. The van der Waals surface area contributed by atoms with E-state index in [1.165, 1.54) is 46.9 Å². The van der Waals surface area contributed by atoms with Crippen molar-refractivity contribution in [2.75, 3.05) is 0 Å². The van der Waals surface area contributed by atoms with Crippen LogP contribution in [0.25, 0.3) is 0 Å². The lowest BCUT2D eigenvalue weighted by atomic mass is 9.73. The highest BCUT2D eigenvalue weighted by Gasteiger charge is 2.29. The van der Waals surface area contributed by atoms with Crippen molar-refractivity contribution in [1.82, 2.24) is 9.78 Å². The summed E-state index contributed by atoms with van der Waals surface area (Å²) in [5.74, 6) is 1.23. The van der Waals surface area contributed by atoms with Gasteiger partial charge in [-0.05, 0) is 60.7 Å². The zero-order valence-electron chi connectivity index (χ0n) is 15.9. The molecule has 0 amide bonds. The fraction of sp³-hybridized carbons (Fsp3) is 0.750. The van der Waals surface area contributed by atoms with Gasteiger partial charge in [-0.2, -0.15) is 5.10 Å². The number of hydrogen-bond donors (Lipinski definition) is 0. The van der Waals surface area contributed by atoms with E-state index in [-0.39, 0.29) is 0 Å². The van der Waals surface area contributed by atoms with E-state index in [0.717, 1.165) is 12.8 Å². The first-order valence-electron chi connectivity index (χ1n) is 9.21. The topological polar surface area (TPSA) is 17.8 Å². The Morgan fingerprint density at radius 1 is 1.35 bits per heavy atom. The molecular formula is C20H34N2S. The Balaban J connectivity index is 2.16. The third kappa shape index (κ3) is 4.23. The molecule has 1 atom stereocenters. The summed E-state index contributed by atoms with van der Waals surface area (Å²) in [7, 11) is 2.09. The third-order valence-corrected chi connectivity index (χ3v) is 6.84. The van der Waals surface area contributed by atoms with Crippen LogP contribution in [0.5, 0.6) is 0 Å². The summed E-state index contributed by atoms with van der Waals surface area (Å²) in [5, 5.41) is 6.10. The van der Waals surface area contributed by atoms with Crippen molar-refractivity contribution in [3.8, 4) is 0 Å². The van der Waals surface area contributed by atoms with Gasteiger partial charge in [-0.25, -0.2) is 0 Å². The molecule has 130 valence electrons. The molecule has 1 fully saturated rings. The van der Waals surface area contributed by atoms with Crippen molar-refractivity contribution >= 4 is 11.8 Å². The van der Waals surface area contributed by atoms with E-state index >= 15 is 0 Å². The molecule has 0 radical (unpaired) electrons. The molecule has 1 aliphatic carbocycles. The quantitative estimate of drug-likeness (QED) is 0.567. The molecule has 1 aliphatic rings. The van der Waals surface area contributed by atoms with Gasteiger partial charge in [0.05, 0.1) is 5.69 Å². The molecule has 0 aromatic carbocycles. The van der Waals surface area contributed by atoms with E-state index < -0.39 is 0 Å². The van der Waals surface area contributed by atoms with Gasteiger partial charge in [0.2, 0.25) is 0 Å². The highest BCUT2D eigenvalue weighted by atomic mass is 32.2. The summed E-state index contributed by atoms with van der Waals surface area (Å²) in [6.07, 6.45) is 7.39. The van der Waals surface area contributed by atoms with E-state index in [1.54, 1.807) is 0 Å². The number of nitrogens with zero attached hydrogens (tertiary/aromatic N) is 2. The molecule has 0 saturated heterocycles. The Hall–Kier alpha value is -0.700. The Bertz CT molecular complexity index is 546. The van der Waals surface area contributed by atoms with Crippen LogP contribution in [0.3, 0.4) is 0 Å². The van der Waals surface area contributed by atoms with Crippen LogP contribution >= 0.6 is 11.8 Å². The van der Waals surface area contributed by atoms with Gasteiger partial charge in [0.25, 0.3) is 0 Å². The van der Waals surface area contributed by atoms with Crippen LogP contribution in [0, 0.1) is 11.3 Å². The highest BCUT2D eigenvalue weighted by Crippen LogP contribution is 2.46. The van der Waals surface area contributed by atoms with Gasteiger partial charge in [0.1, 0.15) is 5.03 Å². The lowest BCUT2D eigenvalue weighted by Crippen LogP contribution is -2.21. The molecule has 1 heterocycles. The average Bonchev–Trinajstić information content (AvgIpc) is 2.82. The lowest BCUT2D eigenvalue weighted by molar-refractivity contribution is 0.212. The first kappa shape index (κ1) is 18.6. The van der Waals surface area contributed by atoms with Gasteiger partial charge in [0.15, 0.2) is 0 Å². The molecule has 1 saturated carbocycles. The molecule has 2 nitrogen and oxygen atoms in total. The molecule has 23 heavy (non-hydrogen) atoms. The van der Waals surface area contributed by atoms with Crippen molar-refractivity contribution < 1.29 is 0 Å². The maximum atomic E-state index is 4.77. The third-order valence-electron chi connectivity index (χ3n) is 5.57. The highest BCUT2D eigenvalue weighted by molar-refractivity contribution is 8.03. The molecule has 0 aliphatic heterocycles. The molecule has 0 N–H and O–H groups in total. The summed E-state index contributed by atoms with van der Waals surface area (Å²) < 4.78 is 2.09. The first-order valence-corrected chi connectivity index (χ1v) is 10.0. The minimum Gasteiger partial charge on any atom is -0.261 e. The number of rotatable bonds is 6. The number of thioether (sulfide) groups is 1. The Morgan fingerprint density at radius 3 is 2.48 bits per heavy atom. The summed E-state index contributed by atoms with van der Waals surface area (Å²) in [6.45, 7) is 16.0. The van der Waals surface area contributed by atoms with Crippen LogP contribution in [0.1, 0.15) is 83.9 Å². The molecule has 0 bridgehead atoms. The molecular weight excluding hydrogens is 300 g/mol. The van der Waals surface area contributed by atoms with Crippen molar-refractivity contribution in [2.24, 2.45) is 18.4 Å². The van der Waals surface area contributed by atoms with Gasteiger partial charge < -0.3 is 0 Å². The monoisotopic (exact) mass is 334 g/mol. The van der Waals surface area contributed by atoms with E-state index in [2.05, 4.69) is 52.9 Å². The van der Waals surface area contributed by atoms with Crippen LogP contribution in [-0.4, -0.2) is 9.78 Å². The largest absolute Gasteiger partial charge is 0.261 e. The summed E-state index contributed by atoms with van der Waals surface area (Å²) >= 11 is 1.89. The van der Waals surface area contributed by atoms with E-state index in [0.29, 0.717) is 17.3 Å². The van der Waals surface area contributed by atoms with Crippen molar-refractivity contribution in [1.29, 1.82) is 0 Å². The van der Waals surface area contributed by atoms with Gasteiger partial charge >= 0.3 is 0 Å². The second-order valence-electron chi connectivity index (χ2n) is 7.96. The lowest BCUT2D eigenvalue weighted by Gasteiger charge is -2.35. The number of aryl methyl sites for hydroxylation is 2. The SMILES string of the molecule is C=C(Sc1c(C(C)CC)c(CC)nn1C)C1CCC(C)(C)CC1. The number of hydrogen-bond acceptors (Lipinski definition) is 2. The van der Waals surface area contributed by atoms with Crippen molar-refractivity contribution in [2.45, 2.75) is 84.1 Å². The van der Waals surface area contributed by atoms with Crippen molar-refractivity contribution in [3.05, 3.63) is 22.7 Å². The smallest absolute Gasteiger partial charge is 0.102 e. The molecule has 1 aromatic heterocycles. The van der Waals surface area contributed by atoms with Gasteiger partial charge in [-0.3, -0.25) is 4.68 Å². The fourth-order valence-corrected chi connectivity index (χ4v) is 4.84. The normalized spacial score (nSPS) is 19.7. The maximum Gasteiger partial charge on any atom is 0.102 e. The fourth-order valence-electron chi connectivity index (χ4n) is 3.59. The molecule has 1 unspecified atom stereocenters. The Morgan fingerprint density at radius 2 is 1.96 bits per heavy atom.